The number of aromatic nitrogens is 4. The summed E-state index contributed by atoms with van der Waals surface area (Å²) in [5.74, 6) is 0. The topological polar surface area (TPSA) is 35.6 Å². The second-order valence-electron chi connectivity index (χ2n) is 5.28. The summed E-state index contributed by atoms with van der Waals surface area (Å²) in [6.45, 7) is 6.53. The lowest BCUT2D eigenvalue weighted by Crippen LogP contribution is -2.02. The predicted molar refractivity (Wildman–Crippen MR) is 77.1 cm³/mol. The molecule has 0 saturated heterocycles. The van der Waals surface area contributed by atoms with Crippen molar-refractivity contribution in [1.82, 2.24) is 19.3 Å². The fraction of sp³-hybridized carbons (Fsp3) is 0.333. The van der Waals surface area contributed by atoms with Gasteiger partial charge in [-0.05, 0) is 32.9 Å². The fourth-order valence-corrected chi connectivity index (χ4v) is 2.66. The third-order valence-electron chi connectivity index (χ3n) is 3.43. The van der Waals surface area contributed by atoms with E-state index in [-0.39, 0.29) is 0 Å². The highest BCUT2D eigenvalue weighted by Gasteiger charge is 2.10. The van der Waals surface area contributed by atoms with Crippen LogP contribution in [0, 0.1) is 6.92 Å². The van der Waals surface area contributed by atoms with E-state index in [0.29, 0.717) is 6.04 Å². The molecule has 4 nitrogen and oxygen atoms in total. The van der Waals surface area contributed by atoms with Crippen LogP contribution in [0.15, 0.2) is 30.7 Å². The Morgan fingerprint density at radius 2 is 1.95 bits per heavy atom. The summed E-state index contributed by atoms with van der Waals surface area (Å²) in [5.41, 5.74) is 4.50. The van der Waals surface area contributed by atoms with E-state index in [1.54, 1.807) is 4.68 Å². The first-order chi connectivity index (χ1) is 9.06. The Hall–Kier alpha value is -2.10. The number of aryl methyl sites for hydroxylation is 2. The van der Waals surface area contributed by atoms with E-state index in [0.717, 1.165) is 11.3 Å². The van der Waals surface area contributed by atoms with Crippen molar-refractivity contribution in [3.63, 3.8) is 0 Å². The van der Waals surface area contributed by atoms with Crippen LogP contribution in [-0.4, -0.2) is 19.3 Å². The highest BCUT2D eigenvalue weighted by Crippen LogP contribution is 2.26. The Morgan fingerprint density at radius 3 is 2.58 bits per heavy atom. The number of nitrogens with zero attached hydrogens (tertiary/aromatic N) is 4. The summed E-state index contributed by atoms with van der Waals surface area (Å²) in [7, 11) is 1.92. The molecule has 0 radical (unpaired) electrons. The molecule has 0 aliphatic heterocycles. The van der Waals surface area contributed by atoms with E-state index in [9.17, 15) is 0 Å². The van der Waals surface area contributed by atoms with E-state index in [1.165, 1.54) is 16.6 Å². The molecule has 0 N–H and O–H groups in total. The van der Waals surface area contributed by atoms with Crippen LogP contribution < -0.4 is 0 Å². The summed E-state index contributed by atoms with van der Waals surface area (Å²) in [6.07, 6.45) is 5.80. The van der Waals surface area contributed by atoms with Crippen LogP contribution >= 0.6 is 0 Å². The van der Waals surface area contributed by atoms with Crippen LogP contribution in [0.5, 0.6) is 0 Å². The molecule has 0 aliphatic rings. The molecule has 3 heterocycles. The number of hydrogen-bond donors (Lipinski definition) is 0. The molecule has 98 valence electrons. The summed E-state index contributed by atoms with van der Waals surface area (Å²) in [4.78, 5) is 4.57. The lowest BCUT2D eigenvalue weighted by molar-refractivity contribution is 0.607. The van der Waals surface area contributed by atoms with Crippen LogP contribution in [0.2, 0.25) is 0 Å². The van der Waals surface area contributed by atoms with Gasteiger partial charge in [0.2, 0.25) is 0 Å². The minimum absolute atomic E-state index is 0.448. The third kappa shape index (κ3) is 1.93. The van der Waals surface area contributed by atoms with Gasteiger partial charge in [-0.1, -0.05) is 0 Å². The Morgan fingerprint density at radius 1 is 1.16 bits per heavy atom. The Balaban J connectivity index is 2.17. The van der Waals surface area contributed by atoms with Crippen LogP contribution in [0.1, 0.15) is 25.6 Å². The average molecular weight is 254 g/mol. The molecule has 19 heavy (non-hydrogen) atoms. The summed E-state index contributed by atoms with van der Waals surface area (Å²) < 4.78 is 4.11. The molecule has 0 saturated carbocycles. The fourth-order valence-electron chi connectivity index (χ4n) is 2.66. The van der Waals surface area contributed by atoms with E-state index < -0.39 is 0 Å². The normalized spacial score (nSPS) is 11.6. The molecule has 0 spiro atoms. The number of fused-ring (bicyclic) bond motifs is 1. The molecule has 0 atom stereocenters. The van der Waals surface area contributed by atoms with Gasteiger partial charge >= 0.3 is 0 Å². The van der Waals surface area contributed by atoms with Gasteiger partial charge in [0.25, 0.3) is 0 Å². The Kier molecular flexibility index (Phi) is 2.66. The number of hydrogen-bond acceptors (Lipinski definition) is 2. The minimum atomic E-state index is 0.448. The molecule has 0 amide bonds. The largest absolute Gasteiger partial charge is 0.341 e. The van der Waals surface area contributed by atoms with E-state index in [2.05, 4.69) is 47.6 Å². The van der Waals surface area contributed by atoms with Gasteiger partial charge in [0.15, 0.2) is 0 Å². The predicted octanol–water partition coefficient (Wildman–Crippen LogP) is 3.33. The molecule has 0 bridgehead atoms. The molecule has 0 aromatic carbocycles. The van der Waals surface area contributed by atoms with Crippen molar-refractivity contribution in [2.24, 2.45) is 7.05 Å². The molecule has 3 aromatic heterocycles. The lowest BCUT2D eigenvalue weighted by Gasteiger charge is -2.12. The van der Waals surface area contributed by atoms with Gasteiger partial charge in [-0.15, -0.1) is 0 Å². The molecule has 0 unspecified atom stereocenters. The molecule has 0 fully saturated rings. The van der Waals surface area contributed by atoms with E-state index in [4.69, 9.17) is 0 Å². The second kappa shape index (κ2) is 4.23. The van der Waals surface area contributed by atoms with Gasteiger partial charge in [0, 0.05) is 35.9 Å². The molecule has 0 aliphatic carbocycles. The van der Waals surface area contributed by atoms with Crippen molar-refractivity contribution in [3.8, 4) is 11.3 Å². The SMILES string of the molecule is Cc1cc2cc(-c3cnn(C)c3)ncc2n1C(C)C. The molecule has 4 heteroatoms. The van der Waals surface area contributed by atoms with Gasteiger partial charge < -0.3 is 4.57 Å². The van der Waals surface area contributed by atoms with E-state index >= 15 is 0 Å². The molecule has 3 rings (SSSR count). The van der Waals surface area contributed by atoms with Crippen LogP contribution in [0.3, 0.4) is 0 Å². The van der Waals surface area contributed by atoms with Gasteiger partial charge in [-0.25, -0.2) is 0 Å². The highest BCUT2D eigenvalue weighted by molar-refractivity contribution is 5.84. The maximum absolute atomic E-state index is 4.57. The van der Waals surface area contributed by atoms with Crippen molar-refractivity contribution in [1.29, 1.82) is 0 Å². The quantitative estimate of drug-likeness (QED) is 0.703. The molecule has 3 aromatic rings. The maximum atomic E-state index is 4.57. The first-order valence-corrected chi connectivity index (χ1v) is 6.53. The minimum Gasteiger partial charge on any atom is -0.341 e. The molecular formula is C15H18N4. The highest BCUT2D eigenvalue weighted by atomic mass is 15.2. The second-order valence-corrected chi connectivity index (χ2v) is 5.28. The first-order valence-electron chi connectivity index (χ1n) is 6.53. The smallest absolute Gasteiger partial charge is 0.0741 e. The van der Waals surface area contributed by atoms with Crippen molar-refractivity contribution < 1.29 is 0 Å². The van der Waals surface area contributed by atoms with Gasteiger partial charge in [-0.3, -0.25) is 9.67 Å². The maximum Gasteiger partial charge on any atom is 0.0741 e. The summed E-state index contributed by atoms with van der Waals surface area (Å²) in [5, 5.41) is 5.43. The standard InChI is InChI=1S/C15H18N4/c1-10(2)19-11(3)5-12-6-14(16-8-15(12)19)13-7-17-18(4)9-13/h5-10H,1-4H3. The van der Waals surface area contributed by atoms with Crippen molar-refractivity contribution >= 4 is 10.9 Å². The zero-order valence-corrected chi connectivity index (χ0v) is 11.8. The van der Waals surface area contributed by atoms with Crippen LogP contribution in [0.25, 0.3) is 22.2 Å². The van der Waals surface area contributed by atoms with Gasteiger partial charge in [0.05, 0.1) is 23.6 Å². The summed E-state index contributed by atoms with van der Waals surface area (Å²) >= 11 is 0. The van der Waals surface area contributed by atoms with Crippen molar-refractivity contribution in [2.45, 2.75) is 26.8 Å². The molecular weight excluding hydrogens is 236 g/mol. The third-order valence-corrected chi connectivity index (χ3v) is 3.43. The zero-order valence-electron chi connectivity index (χ0n) is 11.8. The van der Waals surface area contributed by atoms with Crippen molar-refractivity contribution in [3.05, 3.63) is 36.4 Å². The summed E-state index contributed by atoms with van der Waals surface area (Å²) in [6, 6.07) is 4.80. The Labute approximate surface area is 112 Å². The number of pyridine rings is 1. The van der Waals surface area contributed by atoms with Crippen molar-refractivity contribution in [2.75, 3.05) is 0 Å². The first kappa shape index (κ1) is 12.0. The van der Waals surface area contributed by atoms with Crippen LogP contribution in [-0.2, 0) is 7.05 Å². The Bertz CT molecular complexity index is 734. The van der Waals surface area contributed by atoms with Gasteiger partial charge in [-0.2, -0.15) is 5.10 Å². The number of rotatable bonds is 2. The monoisotopic (exact) mass is 254 g/mol. The zero-order chi connectivity index (χ0) is 13.6. The van der Waals surface area contributed by atoms with Gasteiger partial charge in [0.1, 0.15) is 0 Å². The average Bonchev–Trinajstić information content (AvgIpc) is 2.90. The van der Waals surface area contributed by atoms with E-state index in [1.807, 2.05) is 25.6 Å². The van der Waals surface area contributed by atoms with Crippen LogP contribution in [0.4, 0.5) is 0 Å². The lowest BCUT2D eigenvalue weighted by atomic mass is 10.2.